The fraction of sp³-hybridized carbons (Fsp3) is 0.481. The molecular weight excluding hydrogens is 462 g/mol. The van der Waals surface area contributed by atoms with Crippen molar-refractivity contribution >= 4 is 21.8 Å². The summed E-state index contributed by atoms with van der Waals surface area (Å²) in [7, 11) is -2.08. The molecule has 0 aromatic heterocycles. The summed E-state index contributed by atoms with van der Waals surface area (Å²) >= 11 is 0. The van der Waals surface area contributed by atoms with E-state index in [1.54, 1.807) is 35.2 Å². The zero-order valence-electron chi connectivity index (χ0n) is 20.7. The zero-order chi connectivity index (χ0) is 25.3. The number of hydrogen-bond donors (Lipinski definition) is 1. The van der Waals surface area contributed by atoms with E-state index in [-0.39, 0.29) is 35.7 Å². The smallest absolute Gasteiger partial charge is 0.243 e. The second kappa shape index (κ2) is 12.8. The van der Waals surface area contributed by atoms with Gasteiger partial charge in [-0.05, 0) is 43.4 Å². The minimum Gasteiger partial charge on any atom is -0.352 e. The summed E-state index contributed by atoms with van der Waals surface area (Å²) in [6.07, 6.45) is 5.25. The van der Waals surface area contributed by atoms with Gasteiger partial charge in [0, 0.05) is 32.6 Å². The van der Waals surface area contributed by atoms with Gasteiger partial charge in [-0.15, -0.1) is 0 Å². The van der Waals surface area contributed by atoms with Gasteiger partial charge in [0.1, 0.15) is 6.04 Å². The number of rotatable bonds is 12. The van der Waals surface area contributed by atoms with E-state index < -0.39 is 16.1 Å². The summed E-state index contributed by atoms with van der Waals surface area (Å²) < 4.78 is 26.8. The van der Waals surface area contributed by atoms with Crippen molar-refractivity contribution < 1.29 is 18.0 Å². The summed E-state index contributed by atoms with van der Waals surface area (Å²) in [6.45, 7) is 2.48. The zero-order valence-corrected chi connectivity index (χ0v) is 21.5. The highest BCUT2D eigenvalue weighted by molar-refractivity contribution is 7.89. The van der Waals surface area contributed by atoms with E-state index in [1.165, 1.54) is 11.4 Å². The van der Waals surface area contributed by atoms with Gasteiger partial charge < -0.3 is 10.2 Å². The Morgan fingerprint density at radius 2 is 1.60 bits per heavy atom. The number of benzene rings is 2. The molecule has 2 amide bonds. The van der Waals surface area contributed by atoms with Crippen LogP contribution in [0.15, 0.2) is 65.6 Å². The number of amides is 2. The summed E-state index contributed by atoms with van der Waals surface area (Å²) in [5.74, 6) is -0.250. The standard InChI is InChI=1S/C27H37N3O4S/c1-3-25(27(32)28-23-15-10-11-16-23)30(21-22-13-6-4-7-14-22)26(31)19-12-20-29(2)35(33,34)24-17-8-5-9-18-24/h4-9,13-14,17-18,23,25H,3,10-12,15-16,19-21H2,1-2H3,(H,28,32)/t25-/m0/s1. The summed E-state index contributed by atoms with van der Waals surface area (Å²) in [6, 6.07) is 17.5. The third-order valence-corrected chi connectivity index (χ3v) is 8.47. The van der Waals surface area contributed by atoms with Gasteiger partial charge in [-0.2, -0.15) is 0 Å². The highest BCUT2D eigenvalue weighted by atomic mass is 32.2. The lowest BCUT2D eigenvalue weighted by Gasteiger charge is -2.31. The van der Waals surface area contributed by atoms with Crippen LogP contribution in [-0.4, -0.2) is 55.1 Å². The van der Waals surface area contributed by atoms with Crippen LogP contribution in [0.3, 0.4) is 0 Å². The molecule has 2 aromatic carbocycles. The molecule has 2 aromatic rings. The van der Waals surface area contributed by atoms with Crippen LogP contribution >= 0.6 is 0 Å². The molecule has 1 aliphatic carbocycles. The average molecular weight is 500 g/mol. The number of nitrogens with one attached hydrogen (secondary N) is 1. The van der Waals surface area contributed by atoms with Gasteiger partial charge in [0.2, 0.25) is 21.8 Å². The van der Waals surface area contributed by atoms with E-state index in [0.717, 1.165) is 31.2 Å². The van der Waals surface area contributed by atoms with Gasteiger partial charge in [0.25, 0.3) is 0 Å². The van der Waals surface area contributed by atoms with E-state index in [9.17, 15) is 18.0 Å². The molecule has 0 heterocycles. The van der Waals surface area contributed by atoms with Crippen LogP contribution in [0.2, 0.25) is 0 Å². The van der Waals surface area contributed by atoms with E-state index in [2.05, 4.69) is 5.32 Å². The maximum atomic E-state index is 13.4. The first-order valence-corrected chi connectivity index (χ1v) is 13.9. The van der Waals surface area contributed by atoms with Gasteiger partial charge in [0.15, 0.2) is 0 Å². The van der Waals surface area contributed by atoms with Gasteiger partial charge in [0.05, 0.1) is 4.90 Å². The van der Waals surface area contributed by atoms with Crippen LogP contribution in [0.4, 0.5) is 0 Å². The third kappa shape index (κ3) is 7.39. The lowest BCUT2D eigenvalue weighted by atomic mass is 10.1. The van der Waals surface area contributed by atoms with Crippen molar-refractivity contribution in [2.45, 2.75) is 75.4 Å². The maximum absolute atomic E-state index is 13.4. The second-order valence-electron chi connectivity index (χ2n) is 9.16. The lowest BCUT2D eigenvalue weighted by molar-refractivity contribution is -0.141. The normalized spacial score (nSPS) is 15.2. The Bertz CT molecular complexity index is 1050. The summed E-state index contributed by atoms with van der Waals surface area (Å²) in [5, 5.41) is 3.14. The van der Waals surface area contributed by atoms with Crippen LogP contribution in [0.25, 0.3) is 0 Å². The molecule has 0 saturated heterocycles. The number of carbonyl (C=O) groups is 2. The Hall–Kier alpha value is -2.71. The molecule has 0 bridgehead atoms. The van der Waals surface area contributed by atoms with Crippen molar-refractivity contribution in [1.29, 1.82) is 0 Å². The summed E-state index contributed by atoms with van der Waals surface area (Å²) in [4.78, 5) is 28.4. The van der Waals surface area contributed by atoms with E-state index in [4.69, 9.17) is 0 Å². The molecule has 0 spiro atoms. The SMILES string of the molecule is CC[C@@H](C(=O)NC1CCCC1)N(Cc1ccccc1)C(=O)CCCN(C)S(=O)(=O)c1ccccc1. The predicted molar refractivity (Wildman–Crippen MR) is 137 cm³/mol. The molecular formula is C27H37N3O4S. The highest BCUT2D eigenvalue weighted by Gasteiger charge is 2.30. The largest absolute Gasteiger partial charge is 0.352 e. The van der Waals surface area contributed by atoms with E-state index in [0.29, 0.717) is 19.4 Å². The minimum atomic E-state index is -3.61. The molecule has 0 aliphatic heterocycles. The number of sulfonamides is 1. The molecule has 0 unspecified atom stereocenters. The number of hydrogen-bond acceptors (Lipinski definition) is 4. The van der Waals surface area contributed by atoms with E-state index >= 15 is 0 Å². The van der Waals surface area contributed by atoms with Crippen molar-refractivity contribution in [3.05, 3.63) is 66.2 Å². The van der Waals surface area contributed by atoms with Crippen LogP contribution in [0.5, 0.6) is 0 Å². The predicted octanol–water partition coefficient (Wildman–Crippen LogP) is 3.95. The fourth-order valence-corrected chi connectivity index (χ4v) is 5.79. The first-order valence-electron chi connectivity index (χ1n) is 12.5. The van der Waals surface area contributed by atoms with Crippen molar-refractivity contribution in [3.63, 3.8) is 0 Å². The molecule has 7 nitrogen and oxygen atoms in total. The highest BCUT2D eigenvalue weighted by Crippen LogP contribution is 2.20. The molecule has 8 heteroatoms. The molecule has 3 rings (SSSR count). The summed E-state index contributed by atoms with van der Waals surface area (Å²) in [5.41, 5.74) is 0.955. The molecule has 1 aliphatic rings. The molecule has 1 saturated carbocycles. The number of nitrogens with zero attached hydrogens (tertiary/aromatic N) is 2. The number of carbonyl (C=O) groups excluding carboxylic acids is 2. The van der Waals surface area contributed by atoms with E-state index in [1.807, 2.05) is 37.3 Å². The quantitative estimate of drug-likeness (QED) is 0.479. The second-order valence-corrected chi connectivity index (χ2v) is 11.2. The lowest BCUT2D eigenvalue weighted by Crippen LogP contribution is -2.51. The van der Waals surface area contributed by atoms with Crippen LogP contribution in [0.1, 0.15) is 57.4 Å². The molecule has 1 fully saturated rings. The van der Waals surface area contributed by atoms with Gasteiger partial charge in [-0.25, -0.2) is 12.7 Å². The molecule has 190 valence electrons. The van der Waals surface area contributed by atoms with Crippen molar-refractivity contribution in [3.8, 4) is 0 Å². The third-order valence-electron chi connectivity index (χ3n) is 6.60. The van der Waals surface area contributed by atoms with Gasteiger partial charge >= 0.3 is 0 Å². The fourth-order valence-electron chi connectivity index (χ4n) is 4.56. The van der Waals surface area contributed by atoms with Gasteiger partial charge in [-0.1, -0.05) is 68.3 Å². The molecule has 1 N–H and O–H groups in total. The van der Waals surface area contributed by atoms with Crippen molar-refractivity contribution in [2.75, 3.05) is 13.6 Å². The van der Waals surface area contributed by atoms with Crippen molar-refractivity contribution in [1.82, 2.24) is 14.5 Å². The monoisotopic (exact) mass is 499 g/mol. The molecule has 35 heavy (non-hydrogen) atoms. The van der Waals surface area contributed by atoms with Crippen molar-refractivity contribution in [2.24, 2.45) is 0 Å². The van der Waals surface area contributed by atoms with Crippen LogP contribution in [0, 0.1) is 0 Å². The first-order chi connectivity index (χ1) is 16.8. The Morgan fingerprint density at radius 3 is 2.20 bits per heavy atom. The minimum absolute atomic E-state index is 0.104. The van der Waals surface area contributed by atoms with Crippen LogP contribution < -0.4 is 5.32 Å². The van der Waals surface area contributed by atoms with Gasteiger partial charge in [-0.3, -0.25) is 9.59 Å². The Kier molecular flexibility index (Phi) is 9.86. The Balaban J connectivity index is 1.66. The average Bonchev–Trinajstić information content (AvgIpc) is 3.38. The topological polar surface area (TPSA) is 86.8 Å². The van der Waals surface area contributed by atoms with Crippen LogP contribution in [-0.2, 0) is 26.2 Å². The Morgan fingerprint density at radius 1 is 1.00 bits per heavy atom. The Labute approximate surface area is 209 Å². The molecule has 1 atom stereocenters. The maximum Gasteiger partial charge on any atom is 0.243 e. The first kappa shape index (κ1) is 26.9. The molecule has 0 radical (unpaired) electrons.